The molecule has 0 bridgehead atoms. The maximum atomic E-state index is 10.3. The van der Waals surface area contributed by atoms with Crippen molar-refractivity contribution in [2.45, 2.75) is 0 Å². The Labute approximate surface area is 321 Å². The summed E-state index contributed by atoms with van der Waals surface area (Å²) < 4.78 is 51.2. The predicted molar refractivity (Wildman–Crippen MR) is 234 cm³/mol. The molecule has 1 aromatic rings. The van der Waals surface area contributed by atoms with E-state index in [-0.39, 0.29) is 5.75 Å². The molecule has 0 N–H and O–H groups in total. The quantitative estimate of drug-likeness (QED) is 0.183. The molecule has 22 heteroatoms. The second-order valence-electron chi connectivity index (χ2n) is 14.5. The number of hydrogen-bond acceptors (Lipinski definition) is 5. The van der Waals surface area contributed by atoms with E-state index in [0.29, 0.717) is 0 Å². The maximum absolute atomic E-state index is 10.3. The van der Waals surface area contributed by atoms with Gasteiger partial charge in [0.05, 0.1) is 0 Å². The van der Waals surface area contributed by atoms with Crippen LogP contribution < -0.4 is 5.11 Å². The predicted octanol–water partition coefficient (Wildman–Crippen LogP) is 5.95. The molecule has 0 heterocycles. The first-order valence-electron chi connectivity index (χ1n) is 16.8. The van der Waals surface area contributed by atoms with Crippen molar-refractivity contribution in [3.05, 3.63) is 30.3 Å². The summed E-state index contributed by atoms with van der Waals surface area (Å²) in [5.41, 5.74) is 0. The van der Waals surface area contributed by atoms with Crippen LogP contribution in [0.3, 0.4) is 0 Å². The lowest BCUT2D eigenvalue weighted by Gasteiger charge is -2.44. The molecule has 1 rings (SSSR count). The molecule has 0 fully saturated rings. The number of nitrogens with zero attached hydrogens (tertiary/aromatic N) is 16. The molecule has 17 nitrogen and oxygen atoms in total. The van der Waals surface area contributed by atoms with Crippen LogP contribution in [0, 0.1) is 0 Å². The Morgan fingerprint density at radius 2 is 0.481 bits per heavy atom. The van der Waals surface area contributed by atoms with Crippen molar-refractivity contribution in [2.75, 3.05) is 169 Å². The molecule has 0 aromatic heterocycles. The van der Waals surface area contributed by atoms with Crippen LogP contribution >= 0.6 is 37.9 Å². The summed E-state index contributed by atoms with van der Waals surface area (Å²) in [6.45, 7) is 0. The summed E-state index contributed by atoms with van der Waals surface area (Å²) in [5.74, 6) is 0.0718. The topological polar surface area (TPSA) is 111 Å². The highest BCUT2D eigenvalue weighted by molar-refractivity contribution is 7.87. The minimum atomic E-state index is -3.43. The first-order chi connectivity index (χ1) is 23.5. The van der Waals surface area contributed by atoms with Gasteiger partial charge in [-0.3, -0.25) is 0 Å². The third-order valence-corrected chi connectivity index (χ3v) is 28.7. The van der Waals surface area contributed by atoms with Crippen LogP contribution in [0.4, 0.5) is 0 Å². The zero-order valence-electron chi connectivity index (χ0n) is 37.2. The molecule has 0 aliphatic rings. The van der Waals surface area contributed by atoms with Gasteiger partial charge in [0.25, 0.3) is 0 Å². The van der Waals surface area contributed by atoms with Gasteiger partial charge in [-0.15, -0.1) is 5.75 Å². The Hall–Kier alpha value is -0.110. The van der Waals surface area contributed by atoms with E-state index in [2.05, 4.69) is 225 Å². The number of hydrogen-bond donors (Lipinski definition) is 0. The SMILES string of the molecule is CN(C)P(=N[P+](N=P(N(C)C)(N(C)C)N(C)C)(N=P(N(C)C)(N(C)C)N(C)C)N=P(N(C)C)(N(C)C)N(C)C)(N(C)C)N(C)C.[O-]c1ccccc1. The number of benzene rings is 1. The third kappa shape index (κ3) is 11.0. The molecule has 0 spiro atoms. The molecule has 0 aliphatic heterocycles. The van der Waals surface area contributed by atoms with Gasteiger partial charge in [-0.05, 0) is 187 Å². The molecule has 308 valence electrons. The molecule has 0 atom stereocenters. The van der Waals surface area contributed by atoms with Crippen molar-refractivity contribution in [2.24, 2.45) is 18.1 Å². The monoisotopic (exact) mass is 833 g/mol. The molecule has 0 aliphatic carbocycles. The highest BCUT2D eigenvalue weighted by Crippen LogP contribution is 2.86. The molecular weight excluding hydrogens is 755 g/mol. The smallest absolute Gasteiger partial charge is 0.502 e. The fourth-order valence-electron chi connectivity index (χ4n) is 6.43. The van der Waals surface area contributed by atoms with Crippen molar-refractivity contribution in [3.63, 3.8) is 0 Å². The Balaban J connectivity index is 0.00000329. The minimum Gasteiger partial charge on any atom is -0.872 e. The van der Waals surface area contributed by atoms with E-state index < -0.39 is 37.9 Å². The van der Waals surface area contributed by atoms with Gasteiger partial charge in [-0.1, -0.05) is 30.3 Å². The summed E-state index contributed by atoms with van der Waals surface area (Å²) in [6.07, 6.45) is 0. The van der Waals surface area contributed by atoms with E-state index >= 15 is 0 Å². The molecule has 0 radical (unpaired) electrons. The van der Waals surface area contributed by atoms with E-state index in [9.17, 15) is 5.11 Å². The summed E-state index contributed by atoms with van der Waals surface area (Å²) >= 11 is 0. The molecule has 0 saturated heterocycles. The molecule has 52 heavy (non-hydrogen) atoms. The lowest BCUT2D eigenvalue weighted by Crippen LogP contribution is -2.33. The van der Waals surface area contributed by atoms with E-state index in [0.717, 1.165) is 0 Å². The molecule has 1 aromatic carbocycles. The minimum absolute atomic E-state index is 0.0718. The lowest BCUT2D eigenvalue weighted by molar-refractivity contribution is -0.268. The maximum Gasteiger partial charge on any atom is 0.502 e. The van der Waals surface area contributed by atoms with Crippen LogP contribution in [0.2, 0.25) is 0 Å². The fourth-order valence-corrected chi connectivity index (χ4v) is 30.6. The standard InChI is InChI=1S/C24H72N16P5.C6H6O/c1-29(2)42(30(3)4,31(5)6)25-41(26-43(32(7)8,33(9)10)34(11)12,27-44(35(13)14,36(15)16)37(17)18)28-45(38(19)20,39(21)22)40(23)24;7-6-4-2-1-3-5-6/h1-24H3;1-5,7H/q+1;/p-1. The van der Waals surface area contributed by atoms with Gasteiger partial charge in [0, 0.05) is 0 Å². The molecule has 0 saturated carbocycles. The highest BCUT2D eigenvalue weighted by atomic mass is 31.3. The van der Waals surface area contributed by atoms with Gasteiger partial charge < -0.3 is 5.11 Å². The van der Waals surface area contributed by atoms with Crippen LogP contribution in [-0.2, 0) is 0 Å². The first kappa shape index (κ1) is 51.9. The van der Waals surface area contributed by atoms with Crippen molar-refractivity contribution in [3.8, 4) is 5.75 Å². The Kier molecular flexibility index (Phi) is 20.8. The average molecular weight is 833 g/mol. The average Bonchev–Trinajstić information content (AvgIpc) is 2.98. The van der Waals surface area contributed by atoms with Crippen LogP contribution in [0.5, 0.6) is 5.75 Å². The second kappa shape index (κ2) is 20.9. The van der Waals surface area contributed by atoms with Crippen molar-refractivity contribution < 1.29 is 5.11 Å². The largest absolute Gasteiger partial charge is 0.872 e. The van der Waals surface area contributed by atoms with E-state index in [1.807, 2.05) is 6.07 Å². The van der Waals surface area contributed by atoms with Gasteiger partial charge in [-0.2, -0.15) is 0 Å². The van der Waals surface area contributed by atoms with Crippen molar-refractivity contribution in [1.29, 1.82) is 0 Å². The number of rotatable bonds is 16. The van der Waals surface area contributed by atoms with Crippen LogP contribution in [0.1, 0.15) is 0 Å². The molecular formula is C30H77N16OP5. The van der Waals surface area contributed by atoms with Crippen LogP contribution in [0.15, 0.2) is 48.4 Å². The first-order valence-corrected chi connectivity index (χ1v) is 24.8. The number of para-hydroxylation sites is 1. The highest BCUT2D eigenvalue weighted by Gasteiger charge is 2.56. The Morgan fingerprint density at radius 1 is 0.327 bits per heavy atom. The van der Waals surface area contributed by atoms with Crippen LogP contribution in [-0.4, -0.2) is 225 Å². The zero-order chi connectivity index (χ0) is 41.4. The summed E-state index contributed by atoms with van der Waals surface area (Å²) in [5, 5.41) is 10.3. The summed E-state index contributed by atoms with van der Waals surface area (Å²) in [6, 6.07) is 8.33. The lowest BCUT2D eigenvalue weighted by atomic mass is 10.3. The Morgan fingerprint density at radius 3 is 0.577 bits per heavy atom. The zero-order valence-corrected chi connectivity index (χ0v) is 41.7. The summed E-state index contributed by atoms with van der Waals surface area (Å²) in [7, 11) is 36.8. The van der Waals surface area contributed by atoms with Gasteiger partial charge in [0.2, 0.25) is 30.0 Å². The molecule has 0 unspecified atom stereocenters. The summed E-state index contributed by atoms with van der Waals surface area (Å²) in [4.78, 5) is 0. The van der Waals surface area contributed by atoms with Gasteiger partial charge >= 0.3 is 7.87 Å². The second-order valence-corrected chi connectivity index (χ2v) is 32.3. The Bertz CT molecular complexity index is 1160. The van der Waals surface area contributed by atoms with E-state index in [1.165, 1.54) is 12.1 Å². The van der Waals surface area contributed by atoms with Crippen molar-refractivity contribution in [1.82, 2.24) is 56.0 Å². The third-order valence-electron chi connectivity index (χ3n) is 8.14. The van der Waals surface area contributed by atoms with Crippen LogP contribution in [0.25, 0.3) is 0 Å². The van der Waals surface area contributed by atoms with Gasteiger partial charge in [-0.25, -0.2) is 56.0 Å². The van der Waals surface area contributed by atoms with E-state index in [4.69, 9.17) is 18.1 Å². The van der Waals surface area contributed by atoms with Gasteiger partial charge in [0.1, 0.15) is 0 Å². The fraction of sp³-hybridized carbons (Fsp3) is 0.800. The normalized spacial score (nSPS) is 14.0. The molecule has 0 amide bonds. The van der Waals surface area contributed by atoms with Crippen molar-refractivity contribution >= 4 is 37.9 Å². The van der Waals surface area contributed by atoms with E-state index in [1.54, 1.807) is 12.1 Å². The van der Waals surface area contributed by atoms with Gasteiger partial charge in [0.15, 0.2) is 0 Å².